The van der Waals surface area contributed by atoms with Crippen LogP contribution in [0.1, 0.15) is 34.1 Å². The number of carbonyl (C=O) groups excluding carboxylic acids is 1. The van der Waals surface area contributed by atoms with Crippen molar-refractivity contribution in [1.29, 1.82) is 0 Å². The van der Waals surface area contributed by atoms with Crippen LogP contribution in [0, 0.1) is 17.3 Å². The van der Waals surface area contributed by atoms with Crippen molar-refractivity contribution >= 4 is 5.97 Å². The lowest BCUT2D eigenvalue weighted by atomic mass is 9.70. The highest BCUT2D eigenvalue weighted by atomic mass is 16.7. The van der Waals surface area contributed by atoms with Crippen molar-refractivity contribution in [2.75, 3.05) is 28.4 Å². The first kappa shape index (κ1) is 19.4. The summed E-state index contributed by atoms with van der Waals surface area (Å²) < 4.78 is 27.5. The third-order valence-corrected chi connectivity index (χ3v) is 4.61. The van der Waals surface area contributed by atoms with Gasteiger partial charge in [0.1, 0.15) is 6.10 Å². The Morgan fingerprint density at radius 1 is 1.05 bits per heavy atom. The molecule has 1 fully saturated rings. The molecule has 6 nitrogen and oxygen atoms in total. The molecular formula is C16H30O6. The topological polar surface area (TPSA) is 63.2 Å². The molecule has 6 heteroatoms. The van der Waals surface area contributed by atoms with Crippen LogP contribution in [0.4, 0.5) is 0 Å². The van der Waals surface area contributed by atoms with Crippen LogP contribution in [0.3, 0.4) is 0 Å². The summed E-state index contributed by atoms with van der Waals surface area (Å²) in [4.78, 5) is 11.9. The average molecular weight is 318 g/mol. The summed E-state index contributed by atoms with van der Waals surface area (Å²) in [6, 6.07) is 0. The molecule has 0 amide bonds. The second-order valence-electron chi connectivity index (χ2n) is 6.92. The smallest absolute Gasteiger partial charge is 0.305 e. The van der Waals surface area contributed by atoms with Crippen LogP contribution in [0.2, 0.25) is 0 Å². The zero-order valence-corrected chi connectivity index (χ0v) is 15.0. The number of ether oxygens (including phenoxy) is 5. The summed E-state index contributed by atoms with van der Waals surface area (Å²) in [5.74, 6) is -1.37. The molecule has 22 heavy (non-hydrogen) atoms. The Morgan fingerprint density at radius 3 is 1.95 bits per heavy atom. The van der Waals surface area contributed by atoms with E-state index in [1.807, 2.05) is 0 Å². The van der Waals surface area contributed by atoms with Crippen LogP contribution in [0.5, 0.6) is 0 Å². The second kappa shape index (κ2) is 7.25. The Labute approximate surface area is 133 Å². The van der Waals surface area contributed by atoms with Crippen LogP contribution < -0.4 is 0 Å². The molecule has 1 aliphatic rings. The lowest BCUT2D eigenvalue weighted by Gasteiger charge is -2.38. The molecule has 130 valence electrons. The van der Waals surface area contributed by atoms with Crippen LogP contribution in [0.15, 0.2) is 0 Å². The van der Waals surface area contributed by atoms with Gasteiger partial charge in [0.2, 0.25) is 0 Å². The zero-order valence-electron chi connectivity index (χ0n) is 15.0. The molecule has 1 aliphatic heterocycles. The lowest BCUT2D eigenvalue weighted by molar-refractivity contribution is -0.276. The number of hydrogen-bond donors (Lipinski definition) is 0. The van der Waals surface area contributed by atoms with Gasteiger partial charge in [0.05, 0.1) is 13.5 Å². The van der Waals surface area contributed by atoms with E-state index >= 15 is 0 Å². The summed E-state index contributed by atoms with van der Waals surface area (Å²) in [6.07, 6.45) is -0.634. The maximum Gasteiger partial charge on any atom is 0.305 e. The van der Waals surface area contributed by atoms with Gasteiger partial charge in [-0.3, -0.25) is 4.79 Å². The normalized spacial score (nSPS) is 29.6. The average Bonchev–Trinajstić information content (AvgIpc) is 2.85. The van der Waals surface area contributed by atoms with Crippen molar-refractivity contribution < 1.29 is 28.5 Å². The predicted octanol–water partition coefficient (Wildman–Crippen LogP) is 2.21. The Kier molecular flexibility index (Phi) is 6.38. The van der Waals surface area contributed by atoms with Gasteiger partial charge in [0.25, 0.3) is 0 Å². The molecule has 1 rings (SSSR count). The highest BCUT2D eigenvalue weighted by Gasteiger charge is 2.57. The van der Waals surface area contributed by atoms with Crippen molar-refractivity contribution in [1.82, 2.24) is 0 Å². The summed E-state index contributed by atoms with van der Waals surface area (Å²) in [6.45, 7) is 8.13. The molecule has 0 unspecified atom stereocenters. The van der Waals surface area contributed by atoms with Crippen LogP contribution >= 0.6 is 0 Å². The Hall–Kier alpha value is -0.690. The zero-order chi connectivity index (χ0) is 17.1. The van der Waals surface area contributed by atoms with E-state index in [2.05, 4.69) is 20.8 Å². The number of methoxy groups -OCH3 is 4. The third kappa shape index (κ3) is 3.79. The minimum Gasteiger partial charge on any atom is -0.469 e. The summed E-state index contributed by atoms with van der Waals surface area (Å²) in [7, 11) is 6.12. The second-order valence-corrected chi connectivity index (χ2v) is 6.92. The van der Waals surface area contributed by atoms with E-state index in [0.29, 0.717) is 0 Å². The predicted molar refractivity (Wildman–Crippen MR) is 81.2 cm³/mol. The monoisotopic (exact) mass is 318 g/mol. The highest BCUT2D eigenvalue weighted by Crippen LogP contribution is 2.49. The molecular weight excluding hydrogens is 288 g/mol. The molecule has 0 aromatic rings. The van der Waals surface area contributed by atoms with E-state index < -0.39 is 18.2 Å². The molecule has 0 aromatic carbocycles. The largest absolute Gasteiger partial charge is 0.469 e. The first-order valence-corrected chi connectivity index (χ1v) is 7.50. The molecule has 0 saturated carbocycles. The minimum atomic E-state index is -0.963. The Bertz CT molecular complexity index is 371. The summed E-state index contributed by atoms with van der Waals surface area (Å²) in [5, 5.41) is 0. The number of esters is 1. The SMILES string of the molecule is COC(=O)C[C@@H]1[C@H](C(C)(C)C)[C@@H](OC)O[C@H]1C(C)(OC)OC. The fraction of sp³-hybridized carbons (Fsp3) is 0.938. The van der Waals surface area contributed by atoms with E-state index in [4.69, 9.17) is 23.7 Å². The molecule has 0 bridgehead atoms. The minimum absolute atomic E-state index is 0.00576. The van der Waals surface area contributed by atoms with E-state index in [1.54, 1.807) is 28.3 Å². The van der Waals surface area contributed by atoms with Crippen molar-refractivity contribution in [3.8, 4) is 0 Å². The van der Waals surface area contributed by atoms with Crippen LogP contribution in [0.25, 0.3) is 0 Å². The van der Waals surface area contributed by atoms with Gasteiger partial charge in [0, 0.05) is 33.2 Å². The van der Waals surface area contributed by atoms with Gasteiger partial charge >= 0.3 is 5.97 Å². The molecule has 0 aliphatic carbocycles. The highest BCUT2D eigenvalue weighted by molar-refractivity contribution is 5.69. The van der Waals surface area contributed by atoms with E-state index in [-0.39, 0.29) is 29.6 Å². The maximum atomic E-state index is 11.9. The van der Waals surface area contributed by atoms with E-state index in [0.717, 1.165) is 0 Å². The summed E-state index contributed by atoms with van der Waals surface area (Å²) in [5.41, 5.74) is -0.115. The third-order valence-electron chi connectivity index (χ3n) is 4.61. The molecule has 4 atom stereocenters. The fourth-order valence-electron chi connectivity index (χ4n) is 3.31. The number of carbonyl (C=O) groups is 1. The fourth-order valence-corrected chi connectivity index (χ4v) is 3.31. The maximum absolute atomic E-state index is 11.9. The van der Waals surface area contributed by atoms with Crippen molar-refractivity contribution in [2.45, 2.75) is 52.3 Å². The lowest BCUT2D eigenvalue weighted by Crippen LogP contribution is -2.48. The van der Waals surface area contributed by atoms with Crippen LogP contribution in [-0.2, 0) is 28.5 Å². The van der Waals surface area contributed by atoms with Gasteiger partial charge < -0.3 is 23.7 Å². The standard InChI is InChI=1S/C16H30O6/c1-15(2,3)12-10(9-11(17)18-5)13(22-14(12)19-6)16(4,20-7)21-8/h10,12-14H,9H2,1-8H3/t10-,12+,13-,14+/m1/s1. The van der Waals surface area contributed by atoms with E-state index in [9.17, 15) is 4.79 Å². The molecule has 0 N–H and O–H groups in total. The Morgan fingerprint density at radius 2 is 1.59 bits per heavy atom. The summed E-state index contributed by atoms with van der Waals surface area (Å²) >= 11 is 0. The quantitative estimate of drug-likeness (QED) is 0.553. The molecule has 0 aromatic heterocycles. The molecule has 1 saturated heterocycles. The van der Waals surface area contributed by atoms with E-state index in [1.165, 1.54) is 7.11 Å². The van der Waals surface area contributed by atoms with Gasteiger partial charge in [-0.2, -0.15) is 0 Å². The Balaban J connectivity index is 3.22. The van der Waals surface area contributed by atoms with Gasteiger partial charge in [0.15, 0.2) is 12.1 Å². The van der Waals surface area contributed by atoms with Gasteiger partial charge in [-0.05, 0) is 12.3 Å². The number of rotatable bonds is 6. The van der Waals surface area contributed by atoms with Gasteiger partial charge in [-0.25, -0.2) is 0 Å². The first-order valence-electron chi connectivity index (χ1n) is 7.50. The van der Waals surface area contributed by atoms with Crippen molar-refractivity contribution in [2.24, 2.45) is 17.3 Å². The molecule has 0 spiro atoms. The van der Waals surface area contributed by atoms with Crippen molar-refractivity contribution in [3.63, 3.8) is 0 Å². The first-order chi connectivity index (χ1) is 10.1. The van der Waals surface area contributed by atoms with Crippen molar-refractivity contribution in [3.05, 3.63) is 0 Å². The van der Waals surface area contributed by atoms with Gasteiger partial charge in [-0.15, -0.1) is 0 Å². The number of hydrogen-bond acceptors (Lipinski definition) is 6. The molecule has 0 radical (unpaired) electrons. The molecule has 1 heterocycles. The van der Waals surface area contributed by atoms with Crippen LogP contribution in [-0.4, -0.2) is 52.6 Å². The van der Waals surface area contributed by atoms with Gasteiger partial charge in [-0.1, -0.05) is 20.8 Å².